The second-order valence-electron chi connectivity index (χ2n) is 6.74. The Bertz CT molecular complexity index is 877. The highest BCUT2D eigenvalue weighted by atomic mass is 15.3. The Balaban J connectivity index is 1.48. The summed E-state index contributed by atoms with van der Waals surface area (Å²) < 4.78 is 2.28. The highest BCUT2D eigenvalue weighted by Crippen LogP contribution is 2.27. The SMILES string of the molecule is CCc1nccn1CC1CN(c2ccc3c(C)cc(C)nc3n2)C1. The molecule has 3 aromatic rings. The number of aryl methyl sites for hydroxylation is 3. The van der Waals surface area contributed by atoms with E-state index in [2.05, 4.69) is 57.7 Å². The summed E-state index contributed by atoms with van der Waals surface area (Å²) >= 11 is 0. The Hall–Kier alpha value is -2.43. The predicted molar refractivity (Wildman–Crippen MR) is 96.3 cm³/mol. The molecule has 1 aliphatic heterocycles. The van der Waals surface area contributed by atoms with Crippen LogP contribution >= 0.6 is 0 Å². The van der Waals surface area contributed by atoms with Gasteiger partial charge in [-0.1, -0.05) is 6.92 Å². The van der Waals surface area contributed by atoms with Crippen molar-refractivity contribution in [1.82, 2.24) is 19.5 Å². The molecule has 1 saturated heterocycles. The van der Waals surface area contributed by atoms with Crippen molar-refractivity contribution in [3.63, 3.8) is 0 Å². The van der Waals surface area contributed by atoms with Crippen LogP contribution in [0.15, 0.2) is 30.6 Å². The highest BCUT2D eigenvalue weighted by Gasteiger charge is 2.28. The molecular formula is C19H23N5. The van der Waals surface area contributed by atoms with Gasteiger partial charge < -0.3 is 9.47 Å². The van der Waals surface area contributed by atoms with Crippen molar-refractivity contribution in [1.29, 1.82) is 0 Å². The van der Waals surface area contributed by atoms with E-state index in [4.69, 9.17) is 4.98 Å². The molecule has 0 saturated carbocycles. The third-order valence-electron chi connectivity index (χ3n) is 4.85. The van der Waals surface area contributed by atoms with Gasteiger partial charge in [-0.2, -0.15) is 0 Å². The van der Waals surface area contributed by atoms with Crippen LogP contribution in [0.4, 0.5) is 5.82 Å². The molecule has 0 aliphatic carbocycles. The number of pyridine rings is 2. The fourth-order valence-corrected chi connectivity index (χ4v) is 3.57. The van der Waals surface area contributed by atoms with Crippen molar-refractivity contribution in [2.45, 2.75) is 33.7 Å². The van der Waals surface area contributed by atoms with Gasteiger partial charge in [0.1, 0.15) is 11.6 Å². The number of imidazole rings is 1. The van der Waals surface area contributed by atoms with Crippen molar-refractivity contribution >= 4 is 16.9 Å². The lowest BCUT2D eigenvalue weighted by Crippen LogP contribution is -2.49. The quantitative estimate of drug-likeness (QED) is 0.740. The Morgan fingerprint density at radius 2 is 2.00 bits per heavy atom. The van der Waals surface area contributed by atoms with Crippen LogP contribution in [0.5, 0.6) is 0 Å². The number of fused-ring (bicyclic) bond motifs is 1. The molecule has 1 fully saturated rings. The van der Waals surface area contributed by atoms with E-state index in [0.717, 1.165) is 48.6 Å². The van der Waals surface area contributed by atoms with Crippen molar-refractivity contribution in [3.8, 4) is 0 Å². The number of hydrogen-bond acceptors (Lipinski definition) is 4. The van der Waals surface area contributed by atoms with Crippen LogP contribution in [0.25, 0.3) is 11.0 Å². The fraction of sp³-hybridized carbons (Fsp3) is 0.421. The van der Waals surface area contributed by atoms with Gasteiger partial charge in [0, 0.05) is 55.4 Å². The lowest BCUT2D eigenvalue weighted by molar-refractivity contribution is 0.351. The summed E-state index contributed by atoms with van der Waals surface area (Å²) in [5.74, 6) is 2.87. The summed E-state index contributed by atoms with van der Waals surface area (Å²) in [4.78, 5) is 16.1. The van der Waals surface area contributed by atoms with Gasteiger partial charge in [0.2, 0.25) is 0 Å². The first-order valence-corrected chi connectivity index (χ1v) is 8.64. The third-order valence-corrected chi connectivity index (χ3v) is 4.85. The maximum absolute atomic E-state index is 4.78. The van der Waals surface area contributed by atoms with Crippen LogP contribution < -0.4 is 4.90 Å². The summed E-state index contributed by atoms with van der Waals surface area (Å²) in [5, 5.41) is 1.15. The zero-order chi connectivity index (χ0) is 16.7. The zero-order valence-electron chi connectivity index (χ0n) is 14.5. The van der Waals surface area contributed by atoms with E-state index in [1.807, 2.05) is 13.1 Å². The van der Waals surface area contributed by atoms with Crippen LogP contribution in [-0.2, 0) is 13.0 Å². The molecule has 1 aliphatic rings. The molecule has 0 spiro atoms. The summed E-state index contributed by atoms with van der Waals surface area (Å²) in [6.07, 6.45) is 4.97. The maximum atomic E-state index is 4.78. The topological polar surface area (TPSA) is 46.8 Å². The molecule has 5 nitrogen and oxygen atoms in total. The number of anilines is 1. The van der Waals surface area contributed by atoms with Gasteiger partial charge in [-0.25, -0.2) is 15.0 Å². The standard InChI is InChI=1S/C19H23N5/c1-4-17-20-7-8-23(17)10-15-11-24(12-15)18-6-5-16-13(2)9-14(3)21-19(16)22-18/h5-9,15H,4,10-12H2,1-3H3. The molecule has 4 rings (SSSR count). The van der Waals surface area contributed by atoms with E-state index in [-0.39, 0.29) is 0 Å². The zero-order valence-corrected chi connectivity index (χ0v) is 14.5. The molecule has 0 N–H and O–H groups in total. The van der Waals surface area contributed by atoms with Gasteiger partial charge in [-0.15, -0.1) is 0 Å². The van der Waals surface area contributed by atoms with Crippen LogP contribution in [0.2, 0.25) is 0 Å². The van der Waals surface area contributed by atoms with Gasteiger partial charge in [-0.3, -0.25) is 0 Å². The normalized spacial score (nSPS) is 15.0. The van der Waals surface area contributed by atoms with Gasteiger partial charge in [0.05, 0.1) is 0 Å². The Morgan fingerprint density at radius 3 is 2.79 bits per heavy atom. The summed E-state index contributed by atoms with van der Waals surface area (Å²) in [6.45, 7) is 9.44. The van der Waals surface area contributed by atoms with Crippen molar-refractivity contribution in [2.24, 2.45) is 5.92 Å². The van der Waals surface area contributed by atoms with Crippen LogP contribution in [-0.4, -0.2) is 32.6 Å². The van der Waals surface area contributed by atoms with Crippen LogP contribution in [0, 0.1) is 19.8 Å². The number of nitrogens with zero attached hydrogens (tertiary/aromatic N) is 5. The fourth-order valence-electron chi connectivity index (χ4n) is 3.57. The minimum atomic E-state index is 0.661. The van der Waals surface area contributed by atoms with Crippen LogP contribution in [0.1, 0.15) is 24.0 Å². The van der Waals surface area contributed by atoms with E-state index in [0.29, 0.717) is 5.92 Å². The number of aromatic nitrogens is 4. The second-order valence-corrected chi connectivity index (χ2v) is 6.74. The minimum absolute atomic E-state index is 0.661. The molecule has 0 unspecified atom stereocenters. The van der Waals surface area contributed by atoms with Gasteiger partial charge in [0.25, 0.3) is 0 Å². The first kappa shape index (κ1) is 15.1. The molecule has 24 heavy (non-hydrogen) atoms. The molecule has 4 heterocycles. The van der Waals surface area contributed by atoms with Gasteiger partial charge >= 0.3 is 0 Å². The minimum Gasteiger partial charge on any atom is -0.356 e. The highest BCUT2D eigenvalue weighted by molar-refractivity contribution is 5.80. The summed E-state index contributed by atoms with van der Waals surface area (Å²) in [7, 11) is 0. The lowest BCUT2D eigenvalue weighted by Gasteiger charge is -2.40. The van der Waals surface area contributed by atoms with E-state index in [1.165, 1.54) is 11.4 Å². The predicted octanol–water partition coefficient (Wildman–Crippen LogP) is 3.14. The monoisotopic (exact) mass is 321 g/mol. The van der Waals surface area contributed by atoms with E-state index >= 15 is 0 Å². The van der Waals surface area contributed by atoms with E-state index in [1.54, 1.807) is 0 Å². The molecule has 5 heteroatoms. The molecule has 0 bridgehead atoms. The third kappa shape index (κ3) is 2.64. The lowest BCUT2D eigenvalue weighted by atomic mass is 10.00. The number of hydrogen-bond donors (Lipinski definition) is 0. The smallest absolute Gasteiger partial charge is 0.162 e. The summed E-state index contributed by atoms with van der Waals surface area (Å²) in [6, 6.07) is 6.38. The Kier molecular flexibility index (Phi) is 3.71. The largest absolute Gasteiger partial charge is 0.356 e. The van der Waals surface area contributed by atoms with E-state index in [9.17, 15) is 0 Å². The van der Waals surface area contributed by atoms with Crippen molar-refractivity contribution in [2.75, 3.05) is 18.0 Å². The molecule has 0 atom stereocenters. The average Bonchev–Trinajstić information content (AvgIpc) is 2.97. The van der Waals surface area contributed by atoms with Crippen LogP contribution in [0.3, 0.4) is 0 Å². The molecule has 124 valence electrons. The first-order chi connectivity index (χ1) is 11.6. The average molecular weight is 321 g/mol. The van der Waals surface area contributed by atoms with Crippen molar-refractivity contribution in [3.05, 3.63) is 47.7 Å². The molecule has 0 aromatic carbocycles. The second kappa shape index (κ2) is 5.89. The van der Waals surface area contributed by atoms with E-state index < -0.39 is 0 Å². The van der Waals surface area contributed by atoms with Gasteiger partial charge in [-0.05, 0) is 37.6 Å². The Morgan fingerprint density at radius 1 is 1.17 bits per heavy atom. The van der Waals surface area contributed by atoms with Crippen molar-refractivity contribution < 1.29 is 0 Å². The molecule has 0 amide bonds. The summed E-state index contributed by atoms with van der Waals surface area (Å²) in [5.41, 5.74) is 3.12. The molecular weight excluding hydrogens is 298 g/mol. The van der Waals surface area contributed by atoms with Gasteiger partial charge in [0.15, 0.2) is 5.65 Å². The first-order valence-electron chi connectivity index (χ1n) is 8.64. The maximum Gasteiger partial charge on any atom is 0.162 e. The Labute approximate surface area is 142 Å². The number of rotatable bonds is 4. The molecule has 0 radical (unpaired) electrons. The molecule has 3 aromatic heterocycles.